The summed E-state index contributed by atoms with van der Waals surface area (Å²) in [6.07, 6.45) is 8.73. The van der Waals surface area contributed by atoms with Crippen molar-refractivity contribution in [3.05, 3.63) is 138 Å². The Hall–Kier alpha value is -5.08. The van der Waals surface area contributed by atoms with E-state index in [1.807, 2.05) is 98.1 Å². The van der Waals surface area contributed by atoms with Crippen LogP contribution in [0.5, 0.6) is 0 Å². The molecule has 4 aromatic rings. The molecule has 0 fully saturated rings. The molecule has 1 aromatic heterocycles. The van der Waals surface area contributed by atoms with Gasteiger partial charge in [-0.15, -0.1) is 0 Å². The van der Waals surface area contributed by atoms with E-state index >= 15 is 0 Å². The average Bonchev–Trinajstić information content (AvgIpc) is 3.13. The molecule has 0 aliphatic rings. The maximum Gasteiger partial charge on any atom is 0.246 e. The van der Waals surface area contributed by atoms with Gasteiger partial charge >= 0.3 is 0 Å². The number of pyridine rings is 1. The van der Waals surface area contributed by atoms with E-state index in [4.69, 9.17) is 0 Å². The van der Waals surface area contributed by atoms with Crippen molar-refractivity contribution >= 4 is 17.7 Å². The number of hydrogen-bond acceptors (Lipinski definition) is 5. The first kappa shape index (κ1) is 36.8. The molecular weight excluding hydrogens is 610 g/mol. The molecule has 0 spiro atoms. The minimum Gasteiger partial charge on any atom is -0.354 e. The fourth-order valence-electron chi connectivity index (χ4n) is 5.53. The molecule has 0 bridgehead atoms. The van der Waals surface area contributed by atoms with Gasteiger partial charge in [0.1, 0.15) is 12.1 Å². The SMILES string of the molecule is CNC(C)(C)C/C=C/C(=O)N(C)[C@H](Cc1ccc(-c2ccccc2)cc1)C(=O)N(C)[C@H](Cc1ccccc1)C(=O)NCCc1ccncc1. The number of nitrogens with one attached hydrogen (secondary N) is 2. The largest absolute Gasteiger partial charge is 0.354 e. The van der Waals surface area contributed by atoms with Crippen molar-refractivity contribution in [2.24, 2.45) is 0 Å². The number of rotatable bonds is 16. The van der Waals surface area contributed by atoms with Crippen molar-refractivity contribution in [2.45, 2.75) is 57.2 Å². The smallest absolute Gasteiger partial charge is 0.246 e. The van der Waals surface area contributed by atoms with Gasteiger partial charge in [-0.3, -0.25) is 19.4 Å². The summed E-state index contributed by atoms with van der Waals surface area (Å²) < 4.78 is 0. The highest BCUT2D eigenvalue weighted by Gasteiger charge is 2.34. The quantitative estimate of drug-likeness (QED) is 0.155. The van der Waals surface area contributed by atoms with Crippen LogP contribution in [0.3, 0.4) is 0 Å². The third kappa shape index (κ3) is 11.0. The second-order valence-electron chi connectivity index (χ2n) is 13.0. The van der Waals surface area contributed by atoms with Crippen molar-refractivity contribution in [2.75, 3.05) is 27.7 Å². The van der Waals surface area contributed by atoms with Crippen LogP contribution >= 0.6 is 0 Å². The second kappa shape index (κ2) is 17.9. The Kier molecular flexibility index (Phi) is 13.4. The van der Waals surface area contributed by atoms with Crippen LogP contribution in [0, 0.1) is 0 Å². The van der Waals surface area contributed by atoms with Crippen molar-refractivity contribution < 1.29 is 14.4 Å². The van der Waals surface area contributed by atoms with Crippen LogP contribution in [0.2, 0.25) is 0 Å². The number of nitrogens with zero attached hydrogens (tertiary/aromatic N) is 3. The van der Waals surface area contributed by atoms with Gasteiger partial charge in [0, 0.05) is 51.4 Å². The zero-order chi connectivity index (χ0) is 35.2. The van der Waals surface area contributed by atoms with E-state index in [0.29, 0.717) is 25.8 Å². The van der Waals surface area contributed by atoms with E-state index in [-0.39, 0.29) is 29.7 Å². The van der Waals surface area contributed by atoms with E-state index in [9.17, 15) is 14.4 Å². The lowest BCUT2D eigenvalue weighted by Crippen LogP contribution is -2.56. The van der Waals surface area contributed by atoms with Gasteiger partial charge < -0.3 is 20.4 Å². The first-order chi connectivity index (χ1) is 23.6. The summed E-state index contributed by atoms with van der Waals surface area (Å²) in [7, 11) is 5.20. The lowest BCUT2D eigenvalue weighted by Gasteiger charge is -2.34. The predicted octanol–water partition coefficient (Wildman–Crippen LogP) is 5.49. The molecule has 3 aromatic carbocycles. The van der Waals surface area contributed by atoms with E-state index < -0.39 is 12.1 Å². The molecule has 4 rings (SSSR count). The van der Waals surface area contributed by atoms with E-state index in [2.05, 4.69) is 41.6 Å². The maximum absolute atomic E-state index is 14.5. The molecule has 0 saturated heterocycles. The molecule has 0 saturated carbocycles. The summed E-state index contributed by atoms with van der Waals surface area (Å²) in [6, 6.07) is 30.0. The van der Waals surface area contributed by atoms with Gasteiger partial charge in [0.15, 0.2) is 0 Å². The van der Waals surface area contributed by atoms with Gasteiger partial charge in [-0.05, 0) is 79.8 Å². The molecule has 49 heavy (non-hydrogen) atoms. The van der Waals surface area contributed by atoms with Gasteiger partial charge in [0.05, 0.1) is 0 Å². The summed E-state index contributed by atoms with van der Waals surface area (Å²) in [4.78, 5) is 48.9. The molecule has 2 atom stereocenters. The topological polar surface area (TPSA) is 94.6 Å². The predicted molar refractivity (Wildman–Crippen MR) is 197 cm³/mol. The first-order valence-electron chi connectivity index (χ1n) is 16.8. The Bertz CT molecular complexity index is 1660. The van der Waals surface area contributed by atoms with Gasteiger partial charge in [-0.1, -0.05) is 91.0 Å². The number of aromatic nitrogens is 1. The minimum atomic E-state index is -0.843. The average molecular weight is 660 g/mol. The van der Waals surface area contributed by atoms with Crippen LogP contribution < -0.4 is 10.6 Å². The van der Waals surface area contributed by atoms with Crippen LogP contribution in [-0.4, -0.2) is 77.8 Å². The van der Waals surface area contributed by atoms with Crippen molar-refractivity contribution in [3.8, 4) is 11.1 Å². The third-order valence-electron chi connectivity index (χ3n) is 9.01. The van der Waals surface area contributed by atoms with Gasteiger partial charge in [-0.25, -0.2) is 0 Å². The summed E-state index contributed by atoms with van der Waals surface area (Å²) in [6.45, 7) is 4.53. The maximum atomic E-state index is 14.5. The molecule has 0 aliphatic carbocycles. The Balaban J connectivity index is 1.59. The third-order valence-corrected chi connectivity index (χ3v) is 9.01. The summed E-state index contributed by atoms with van der Waals surface area (Å²) >= 11 is 0. The number of hydrogen-bond donors (Lipinski definition) is 2. The summed E-state index contributed by atoms with van der Waals surface area (Å²) in [5.41, 5.74) is 4.89. The molecular formula is C41H49N5O3. The standard InChI is InChI=1S/C41H49N5O3/c1-41(2,42-3)25-12-17-38(47)45(4)37(30-33-18-20-35(21-19-33)34-15-10-7-11-16-34)40(49)46(5)36(29-32-13-8-6-9-14-32)39(48)44-28-24-31-22-26-43-27-23-31/h6-23,26-27,36-37,42H,24-25,28-30H2,1-5H3,(H,44,48)/b17-12+/t36-,37-/m1/s1. The normalized spacial score (nSPS) is 12.7. The highest BCUT2D eigenvalue weighted by molar-refractivity contribution is 5.95. The van der Waals surface area contributed by atoms with Crippen LogP contribution in [0.1, 0.15) is 37.0 Å². The highest BCUT2D eigenvalue weighted by atomic mass is 16.2. The molecule has 0 unspecified atom stereocenters. The van der Waals surface area contributed by atoms with E-state index in [1.54, 1.807) is 26.5 Å². The zero-order valence-corrected chi connectivity index (χ0v) is 29.3. The van der Waals surface area contributed by atoms with Crippen LogP contribution in [0.25, 0.3) is 11.1 Å². The number of amides is 3. The Morgan fingerprint density at radius 1 is 0.735 bits per heavy atom. The summed E-state index contributed by atoms with van der Waals surface area (Å²) in [5, 5.41) is 6.28. The van der Waals surface area contributed by atoms with Crippen LogP contribution in [0.4, 0.5) is 0 Å². The minimum absolute atomic E-state index is 0.180. The highest BCUT2D eigenvalue weighted by Crippen LogP contribution is 2.22. The second-order valence-corrected chi connectivity index (χ2v) is 13.0. The Morgan fingerprint density at radius 3 is 1.94 bits per heavy atom. The monoisotopic (exact) mass is 659 g/mol. The number of likely N-dealkylation sites (N-methyl/N-ethyl adjacent to an activating group) is 2. The number of benzene rings is 3. The molecule has 0 radical (unpaired) electrons. The molecule has 1 heterocycles. The number of carbonyl (C=O) groups is 3. The molecule has 3 amide bonds. The molecule has 2 N–H and O–H groups in total. The van der Waals surface area contributed by atoms with E-state index in [1.165, 1.54) is 15.9 Å². The van der Waals surface area contributed by atoms with Crippen molar-refractivity contribution in [3.63, 3.8) is 0 Å². The fraction of sp³-hybridized carbons (Fsp3) is 0.317. The molecule has 0 aliphatic heterocycles. The van der Waals surface area contributed by atoms with Crippen LogP contribution in [0.15, 0.2) is 122 Å². The lowest BCUT2D eigenvalue weighted by molar-refractivity contribution is -0.146. The van der Waals surface area contributed by atoms with E-state index in [0.717, 1.165) is 27.8 Å². The molecule has 8 heteroatoms. The Morgan fingerprint density at radius 2 is 1.31 bits per heavy atom. The van der Waals surface area contributed by atoms with Crippen molar-refractivity contribution in [1.82, 2.24) is 25.4 Å². The molecule has 8 nitrogen and oxygen atoms in total. The summed E-state index contributed by atoms with van der Waals surface area (Å²) in [5.74, 6) is -0.832. The molecule has 256 valence electrons. The zero-order valence-electron chi connectivity index (χ0n) is 29.3. The number of carbonyl (C=O) groups excluding carboxylic acids is 3. The van der Waals surface area contributed by atoms with Gasteiger partial charge in [-0.2, -0.15) is 0 Å². The van der Waals surface area contributed by atoms with Gasteiger partial charge in [0.25, 0.3) is 0 Å². The Labute approximate surface area is 291 Å². The lowest BCUT2D eigenvalue weighted by atomic mass is 9.98. The van der Waals surface area contributed by atoms with Crippen molar-refractivity contribution in [1.29, 1.82) is 0 Å². The first-order valence-corrected chi connectivity index (χ1v) is 16.8. The van der Waals surface area contributed by atoms with Crippen LogP contribution in [-0.2, 0) is 33.6 Å². The van der Waals surface area contributed by atoms with Gasteiger partial charge in [0.2, 0.25) is 17.7 Å². The fourth-order valence-corrected chi connectivity index (χ4v) is 5.53.